The lowest BCUT2D eigenvalue weighted by atomic mass is 10.2. The van der Waals surface area contributed by atoms with Gasteiger partial charge in [-0.3, -0.25) is 4.79 Å². The fraction of sp³-hybridized carbons (Fsp3) is 0.826. The monoisotopic (exact) mass is 452 g/mol. The molecule has 1 unspecified atom stereocenters. The van der Waals surface area contributed by atoms with E-state index in [1.54, 1.807) is 9.80 Å². The van der Waals surface area contributed by atoms with Crippen molar-refractivity contribution < 1.29 is 14.3 Å². The number of esters is 1. The van der Waals surface area contributed by atoms with E-state index in [4.69, 9.17) is 4.74 Å². The van der Waals surface area contributed by atoms with Crippen LogP contribution in [0.2, 0.25) is 0 Å². The van der Waals surface area contributed by atoms with Crippen LogP contribution in [0.1, 0.15) is 103 Å². The van der Waals surface area contributed by atoms with E-state index in [1.807, 2.05) is 0 Å². The van der Waals surface area contributed by atoms with E-state index >= 15 is 0 Å². The van der Waals surface area contributed by atoms with Crippen LogP contribution >= 0.6 is 11.3 Å². The standard InChI is InChI=1S/C23H40N4O3S/c1-4-7-10-13-15-19-24-25-22(31-19)27-20(30-21(28)16-12-9-6-3)18-26(23(27)29)17-14-11-8-5-2/h20H,4-18H2,1-3H3. The molecule has 1 aromatic heterocycles. The van der Waals surface area contributed by atoms with E-state index in [1.165, 1.54) is 37.0 Å². The average molecular weight is 453 g/mol. The number of carbonyl (C=O) groups is 2. The van der Waals surface area contributed by atoms with E-state index in [9.17, 15) is 9.59 Å². The van der Waals surface area contributed by atoms with Gasteiger partial charge in [-0.25, -0.2) is 9.69 Å². The number of urea groups is 1. The Kier molecular flexibility index (Phi) is 11.9. The van der Waals surface area contributed by atoms with Crippen molar-refractivity contribution in [2.45, 2.75) is 110 Å². The zero-order valence-electron chi connectivity index (χ0n) is 19.6. The van der Waals surface area contributed by atoms with Gasteiger partial charge in [-0.1, -0.05) is 83.5 Å². The van der Waals surface area contributed by atoms with Gasteiger partial charge < -0.3 is 9.64 Å². The summed E-state index contributed by atoms with van der Waals surface area (Å²) in [7, 11) is 0. The van der Waals surface area contributed by atoms with Crippen LogP contribution in [-0.2, 0) is 16.0 Å². The van der Waals surface area contributed by atoms with Gasteiger partial charge in [-0.05, 0) is 19.3 Å². The van der Waals surface area contributed by atoms with Crippen molar-refractivity contribution in [1.29, 1.82) is 0 Å². The van der Waals surface area contributed by atoms with E-state index in [0.29, 0.717) is 24.6 Å². The molecule has 0 radical (unpaired) electrons. The third kappa shape index (κ3) is 8.39. The molecule has 1 aliphatic heterocycles. The van der Waals surface area contributed by atoms with E-state index in [2.05, 4.69) is 31.0 Å². The lowest BCUT2D eigenvalue weighted by molar-refractivity contribution is -0.148. The summed E-state index contributed by atoms with van der Waals surface area (Å²) in [5, 5.41) is 10.1. The number of unbranched alkanes of at least 4 members (excludes halogenated alkanes) is 8. The molecule has 0 N–H and O–H groups in total. The summed E-state index contributed by atoms with van der Waals surface area (Å²) in [4.78, 5) is 28.8. The minimum atomic E-state index is -0.617. The predicted octanol–water partition coefficient (Wildman–Crippen LogP) is 5.93. The molecule has 2 amide bonds. The molecule has 1 aliphatic rings. The van der Waals surface area contributed by atoms with Gasteiger partial charge in [0.15, 0.2) is 0 Å². The van der Waals surface area contributed by atoms with Gasteiger partial charge in [0.05, 0.1) is 6.54 Å². The molecular weight excluding hydrogens is 412 g/mol. The number of hydrogen-bond acceptors (Lipinski definition) is 6. The fourth-order valence-corrected chi connectivity index (χ4v) is 4.63. The molecule has 1 fully saturated rings. The Labute approximate surface area is 191 Å². The maximum Gasteiger partial charge on any atom is 0.329 e. The summed E-state index contributed by atoms with van der Waals surface area (Å²) in [6.07, 6.45) is 12.6. The summed E-state index contributed by atoms with van der Waals surface area (Å²) in [5.41, 5.74) is 0. The molecular formula is C23H40N4O3S. The fourth-order valence-electron chi connectivity index (χ4n) is 3.71. The number of rotatable bonds is 16. The molecule has 0 spiro atoms. The predicted molar refractivity (Wildman–Crippen MR) is 125 cm³/mol. The second-order valence-corrected chi connectivity index (χ2v) is 9.39. The number of anilines is 1. The normalized spacial score (nSPS) is 16.4. The van der Waals surface area contributed by atoms with Crippen molar-refractivity contribution in [3.8, 4) is 0 Å². The summed E-state index contributed by atoms with van der Waals surface area (Å²) < 4.78 is 5.74. The van der Waals surface area contributed by atoms with E-state index < -0.39 is 6.23 Å². The smallest absolute Gasteiger partial charge is 0.329 e. The molecule has 2 rings (SSSR count). The van der Waals surface area contributed by atoms with Gasteiger partial charge >= 0.3 is 12.0 Å². The number of nitrogens with zero attached hydrogens (tertiary/aromatic N) is 4. The molecule has 2 heterocycles. The number of ether oxygens (including phenoxy) is 1. The molecule has 8 heteroatoms. The number of aromatic nitrogens is 2. The number of hydrogen-bond donors (Lipinski definition) is 0. The largest absolute Gasteiger partial charge is 0.439 e. The van der Waals surface area contributed by atoms with Crippen molar-refractivity contribution >= 4 is 28.5 Å². The molecule has 0 aliphatic carbocycles. The molecule has 176 valence electrons. The number of carbonyl (C=O) groups excluding carboxylic acids is 2. The Balaban J connectivity index is 2.03. The van der Waals surface area contributed by atoms with Crippen LogP contribution in [-0.4, -0.2) is 46.4 Å². The Morgan fingerprint density at radius 2 is 1.65 bits per heavy atom. The molecule has 0 saturated carbocycles. The zero-order chi connectivity index (χ0) is 22.5. The first-order valence-electron chi connectivity index (χ1n) is 12.2. The summed E-state index contributed by atoms with van der Waals surface area (Å²) >= 11 is 1.44. The Morgan fingerprint density at radius 3 is 2.35 bits per heavy atom. The first kappa shape index (κ1) is 25.6. The zero-order valence-corrected chi connectivity index (χ0v) is 20.4. The molecule has 7 nitrogen and oxygen atoms in total. The third-order valence-electron chi connectivity index (χ3n) is 5.58. The third-order valence-corrected chi connectivity index (χ3v) is 6.56. The first-order valence-corrected chi connectivity index (χ1v) is 13.0. The van der Waals surface area contributed by atoms with Crippen LogP contribution in [0.4, 0.5) is 9.93 Å². The highest BCUT2D eigenvalue weighted by molar-refractivity contribution is 7.15. The maximum absolute atomic E-state index is 13.1. The Bertz CT molecular complexity index is 667. The quantitative estimate of drug-likeness (QED) is 0.229. The summed E-state index contributed by atoms with van der Waals surface area (Å²) in [5.74, 6) is -0.242. The molecule has 31 heavy (non-hydrogen) atoms. The van der Waals surface area contributed by atoms with Gasteiger partial charge in [0.2, 0.25) is 11.4 Å². The van der Waals surface area contributed by atoms with Crippen LogP contribution in [0.25, 0.3) is 0 Å². The molecule has 1 saturated heterocycles. The van der Waals surface area contributed by atoms with Crippen molar-refractivity contribution in [2.75, 3.05) is 18.0 Å². The highest BCUT2D eigenvalue weighted by atomic mass is 32.1. The van der Waals surface area contributed by atoms with Gasteiger partial charge in [-0.2, -0.15) is 0 Å². The van der Waals surface area contributed by atoms with Gasteiger partial charge in [-0.15, -0.1) is 10.2 Å². The molecule has 1 aromatic rings. The minimum absolute atomic E-state index is 0.128. The second kappa shape index (κ2) is 14.4. The summed E-state index contributed by atoms with van der Waals surface area (Å²) in [6, 6.07) is -0.128. The highest BCUT2D eigenvalue weighted by Crippen LogP contribution is 2.30. The maximum atomic E-state index is 13.1. The number of aryl methyl sites for hydroxylation is 1. The van der Waals surface area contributed by atoms with Crippen LogP contribution in [0.15, 0.2) is 0 Å². The lowest BCUT2D eigenvalue weighted by Gasteiger charge is -2.19. The van der Waals surface area contributed by atoms with Gasteiger partial charge in [0, 0.05) is 19.4 Å². The Hall–Kier alpha value is -1.70. The van der Waals surface area contributed by atoms with Crippen molar-refractivity contribution in [2.24, 2.45) is 0 Å². The van der Waals surface area contributed by atoms with Crippen LogP contribution < -0.4 is 4.90 Å². The second-order valence-electron chi connectivity index (χ2n) is 8.35. The Morgan fingerprint density at radius 1 is 0.968 bits per heavy atom. The van der Waals surface area contributed by atoms with Gasteiger partial charge in [0.1, 0.15) is 5.01 Å². The average Bonchev–Trinajstić information content (AvgIpc) is 3.33. The SMILES string of the molecule is CCCCCCc1nnc(N2C(=O)N(CCCCCC)CC2OC(=O)CCCCC)s1. The lowest BCUT2D eigenvalue weighted by Crippen LogP contribution is -2.37. The topological polar surface area (TPSA) is 75.6 Å². The highest BCUT2D eigenvalue weighted by Gasteiger charge is 2.42. The molecule has 0 aromatic carbocycles. The van der Waals surface area contributed by atoms with E-state index in [0.717, 1.165) is 56.4 Å². The first-order chi connectivity index (χ1) is 15.1. The van der Waals surface area contributed by atoms with Crippen LogP contribution in [0, 0.1) is 0 Å². The summed E-state index contributed by atoms with van der Waals surface area (Å²) in [6.45, 7) is 7.55. The van der Waals surface area contributed by atoms with Crippen molar-refractivity contribution in [3.05, 3.63) is 5.01 Å². The number of amides is 2. The molecule has 1 atom stereocenters. The van der Waals surface area contributed by atoms with Crippen LogP contribution in [0.5, 0.6) is 0 Å². The van der Waals surface area contributed by atoms with Crippen LogP contribution in [0.3, 0.4) is 0 Å². The molecule has 0 bridgehead atoms. The van der Waals surface area contributed by atoms with Crippen molar-refractivity contribution in [3.63, 3.8) is 0 Å². The van der Waals surface area contributed by atoms with Gasteiger partial charge in [0.25, 0.3) is 0 Å². The van der Waals surface area contributed by atoms with Crippen molar-refractivity contribution in [1.82, 2.24) is 15.1 Å². The minimum Gasteiger partial charge on any atom is -0.439 e. The van der Waals surface area contributed by atoms with E-state index in [-0.39, 0.29) is 12.0 Å².